The van der Waals surface area contributed by atoms with Crippen LogP contribution in [0.15, 0.2) is 0 Å². The van der Waals surface area contributed by atoms with Crippen molar-refractivity contribution in [1.29, 1.82) is 0 Å². The van der Waals surface area contributed by atoms with Gasteiger partial charge < -0.3 is 15.3 Å². The molecule has 0 spiro atoms. The molecule has 0 aromatic carbocycles. The number of carbonyl (C=O) groups is 1. The Hall–Kier alpha value is -0.820. The molecule has 2 saturated heterocycles. The fraction of sp³-hybridized carbons (Fsp3) is 0.929. The summed E-state index contributed by atoms with van der Waals surface area (Å²) < 4.78 is 38.7. The maximum absolute atomic E-state index is 12.9. The van der Waals surface area contributed by atoms with Gasteiger partial charge in [0.05, 0.1) is 12.0 Å². The molecule has 1 saturated carbocycles. The van der Waals surface area contributed by atoms with Gasteiger partial charge in [-0.05, 0) is 25.3 Å². The van der Waals surface area contributed by atoms with Crippen molar-refractivity contribution in [2.75, 3.05) is 26.2 Å². The number of hydrogen-bond acceptors (Lipinski definition) is 3. The largest absolute Gasteiger partial charge is 0.419 e. The molecule has 1 unspecified atom stereocenters. The molecule has 3 fully saturated rings. The van der Waals surface area contributed by atoms with Gasteiger partial charge in [-0.1, -0.05) is 12.8 Å². The first-order chi connectivity index (χ1) is 9.79. The molecule has 7 heteroatoms. The summed E-state index contributed by atoms with van der Waals surface area (Å²) in [4.78, 5) is 14.1. The summed E-state index contributed by atoms with van der Waals surface area (Å²) in [6.07, 6.45) is -1.38. The molecule has 4 nitrogen and oxygen atoms in total. The van der Waals surface area contributed by atoms with Crippen LogP contribution in [0.1, 0.15) is 32.1 Å². The lowest BCUT2D eigenvalue weighted by Crippen LogP contribution is -2.52. The van der Waals surface area contributed by atoms with E-state index in [1.54, 1.807) is 0 Å². The van der Waals surface area contributed by atoms with Crippen LogP contribution in [0.3, 0.4) is 0 Å². The molecule has 0 radical (unpaired) electrons. The van der Waals surface area contributed by atoms with Crippen molar-refractivity contribution >= 4 is 5.91 Å². The van der Waals surface area contributed by atoms with Crippen LogP contribution in [-0.2, 0) is 4.79 Å². The Morgan fingerprint density at radius 3 is 2.71 bits per heavy atom. The number of rotatable bonds is 1. The highest BCUT2D eigenvalue weighted by atomic mass is 19.4. The van der Waals surface area contributed by atoms with E-state index in [2.05, 4.69) is 5.32 Å². The molecular weight excluding hydrogens is 285 g/mol. The highest BCUT2D eigenvalue weighted by molar-refractivity contribution is 5.84. The second-order valence-corrected chi connectivity index (χ2v) is 6.74. The number of nitrogens with one attached hydrogen (secondary N) is 1. The van der Waals surface area contributed by atoms with Crippen LogP contribution in [-0.4, -0.2) is 53.9 Å². The smallest absolute Gasteiger partial charge is 0.379 e. The Labute approximate surface area is 121 Å². The minimum Gasteiger partial charge on any atom is -0.379 e. The lowest BCUT2D eigenvalue weighted by Gasteiger charge is -2.40. The highest BCUT2D eigenvalue weighted by Crippen LogP contribution is 2.47. The number of hydrogen-bond donors (Lipinski definition) is 2. The Bertz CT molecular complexity index is 442. The first kappa shape index (κ1) is 15.1. The van der Waals surface area contributed by atoms with Crippen LogP contribution in [0, 0.1) is 11.3 Å². The molecule has 21 heavy (non-hydrogen) atoms. The number of nitrogens with zero attached hydrogens (tertiary/aromatic N) is 1. The van der Waals surface area contributed by atoms with Gasteiger partial charge in [-0.2, -0.15) is 13.2 Å². The van der Waals surface area contributed by atoms with Gasteiger partial charge in [0.2, 0.25) is 5.91 Å². The number of carbonyl (C=O) groups excluding carboxylic acids is 1. The molecule has 0 aromatic rings. The molecule has 0 bridgehead atoms. The highest BCUT2D eigenvalue weighted by Gasteiger charge is 2.60. The minimum absolute atomic E-state index is 0.0106. The normalized spacial score (nSPS) is 40.4. The van der Waals surface area contributed by atoms with Crippen molar-refractivity contribution in [1.82, 2.24) is 10.2 Å². The standard InChI is InChI=1S/C14H21F3N2O2/c15-14(16,17)13(21)5-6-19(9-13)11(20)12-4-2-1-3-10(12)7-18-8-12/h10,18,21H,1-9H2/t10-,12+,13?/m0/s1. The van der Waals surface area contributed by atoms with E-state index in [4.69, 9.17) is 0 Å². The number of likely N-dealkylation sites (tertiary alicyclic amines) is 1. The van der Waals surface area contributed by atoms with Crippen LogP contribution < -0.4 is 5.32 Å². The molecule has 2 heterocycles. The third-order valence-corrected chi connectivity index (χ3v) is 5.53. The molecule has 2 aliphatic heterocycles. The maximum atomic E-state index is 12.9. The molecular formula is C14H21F3N2O2. The number of alkyl halides is 3. The van der Waals surface area contributed by atoms with Gasteiger partial charge in [0.25, 0.3) is 0 Å². The second kappa shape index (κ2) is 4.84. The lowest BCUT2D eigenvalue weighted by molar-refractivity contribution is -0.253. The molecule has 3 aliphatic rings. The number of aliphatic hydroxyl groups is 1. The minimum atomic E-state index is -4.68. The Morgan fingerprint density at radius 2 is 2.05 bits per heavy atom. The average molecular weight is 306 g/mol. The first-order valence-corrected chi connectivity index (χ1v) is 7.58. The van der Waals surface area contributed by atoms with E-state index in [-0.39, 0.29) is 18.4 Å². The summed E-state index contributed by atoms with van der Waals surface area (Å²) >= 11 is 0. The maximum Gasteiger partial charge on any atom is 0.419 e. The number of β-amino-alcohol motifs (C(OH)–C–C–N with tert-alkyl or cyclic N) is 1. The fourth-order valence-electron chi connectivity index (χ4n) is 4.18. The van der Waals surface area contributed by atoms with Gasteiger partial charge in [-0.15, -0.1) is 0 Å². The van der Waals surface area contributed by atoms with E-state index in [1.165, 1.54) is 4.90 Å². The zero-order valence-electron chi connectivity index (χ0n) is 11.9. The second-order valence-electron chi connectivity index (χ2n) is 6.74. The zero-order valence-corrected chi connectivity index (χ0v) is 11.9. The molecule has 0 aromatic heterocycles. The first-order valence-electron chi connectivity index (χ1n) is 7.58. The summed E-state index contributed by atoms with van der Waals surface area (Å²) in [5.74, 6) is 0.0238. The van der Waals surface area contributed by atoms with E-state index in [9.17, 15) is 23.1 Å². The molecule has 2 N–H and O–H groups in total. The summed E-state index contributed by atoms with van der Waals surface area (Å²) in [5.41, 5.74) is -3.29. The molecule has 120 valence electrons. The van der Waals surface area contributed by atoms with E-state index >= 15 is 0 Å². The molecule has 3 rings (SSSR count). The Balaban J connectivity index is 1.77. The van der Waals surface area contributed by atoms with Crippen LogP contribution in [0.5, 0.6) is 0 Å². The third kappa shape index (κ3) is 2.25. The number of amides is 1. The van der Waals surface area contributed by atoms with Crippen LogP contribution in [0.25, 0.3) is 0 Å². The topological polar surface area (TPSA) is 52.6 Å². The van der Waals surface area contributed by atoms with Gasteiger partial charge in [-0.25, -0.2) is 0 Å². The van der Waals surface area contributed by atoms with Crippen LogP contribution in [0.4, 0.5) is 13.2 Å². The summed E-state index contributed by atoms with van der Waals surface area (Å²) in [6.45, 7) is 0.688. The van der Waals surface area contributed by atoms with Gasteiger partial charge in [0.1, 0.15) is 0 Å². The monoisotopic (exact) mass is 306 g/mol. The van der Waals surface area contributed by atoms with E-state index in [0.29, 0.717) is 6.54 Å². The molecule has 1 amide bonds. The fourth-order valence-corrected chi connectivity index (χ4v) is 4.18. The SMILES string of the molecule is O=C(N1CCC(O)(C(F)(F)F)C1)[C@@]12CCCC[C@H]1CNC2. The van der Waals surface area contributed by atoms with Crippen molar-refractivity contribution in [2.24, 2.45) is 11.3 Å². The van der Waals surface area contributed by atoms with Crippen molar-refractivity contribution in [2.45, 2.75) is 43.9 Å². The van der Waals surface area contributed by atoms with Crippen molar-refractivity contribution < 1.29 is 23.1 Å². The number of halogens is 3. The van der Waals surface area contributed by atoms with Gasteiger partial charge in [0, 0.05) is 19.5 Å². The molecule has 1 aliphatic carbocycles. The van der Waals surface area contributed by atoms with Gasteiger partial charge in [-0.3, -0.25) is 4.79 Å². The van der Waals surface area contributed by atoms with Crippen molar-refractivity contribution in [3.63, 3.8) is 0 Å². The van der Waals surface area contributed by atoms with Gasteiger partial charge >= 0.3 is 6.18 Å². The van der Waals surface area contributed by atoms with E-state index in [1.807, 2.05) is 0 Å². The van der Waals surface area contributed by atoms with Crippen LogP contribution in [0.2, 0.25) is 0 Å². The molecule has 3 atom stereocenters. The average Bonchev–Trinajstić information content (AvgIpc) is 3.02. The quantitative estimate of drug-likeness (QED) is 0.767. The summed E-state index contributed by atoms with van der Waals surface area (Å²) in [6, 6.07) is 0. The third-order valence-electron chi connectivity index (χ3n) is 5.53. The van der Waals surface area contributed by atoms with E-state index in [0.717, 1.165) is 32.2 Å². The van der Waals surface area contributed by atoms with Gasteiger partial charge in [0.15, 0.2) is 5.60 Å². The predicted molar refractivity (Wildman–Crippen MR) is 69.5 cm³/mol. The lowest BCUT2D eigenvalue weighted by atomic mass is 9.67. The Kier molecular flexibility index (Phi) is 3.48. The van der Waals surface area contributed by atoms with E-state index < -0.39 is 30.2 Å². The van der Waals surface area contributed by atoms with Crippen molar-refractivity contribution in [3.05, 3.63) is 0 Å². The van der Waals surface area contributed by atoms with Crippen LogP contribution >= 0.6 is 0 Å². The predicted octanol–water partition coefficient (Wildman–Crippen LogP) is 1.29. The Morgan fingerprint density at radius 1 is 1.29 bits per heavy atom. The number of fused-ring (bicyclic) bond motifs is 1. The zero-order chi connectivity index (χ0) is 15.3. The van der Waals surface area contributed by atoms with Crippen molar-refractivity contribution in [3.8, 4) is 0 Å². The summed E-state index contributed by atoms with van der Waals surface area (Å²) in [5, 5.41) is 13.0. The summed E-state index contributed by atoms with van der Waals surface area (Å²) in [7, 11) is 0.